The Morgan fingerprint density at radius 2 is 2.06 bits per heavy atom. The minimum atomic E-state index is -1.02. The van der Waals surface area contributed by atoms with E-state index in [0.29, 0.717) is 18.7 Å². The zero-order valence-electron chi connectivity index (χ0n) is 18.5. The smallest absolute Gasteiger partial charge is 0.219 e. The van der Waals surface area contributed by atoms with Gasteiger partial charge in [-0.3, -0.25) is 4.68 Å². The summed E-state index contributed by atoms with van der Waals surface area (Å²) >= 11 is 3.56. The molecular weight excluding hydrogens is 480 g/mol. The van der Waals surface area contributed by atoms with Crippen molar-refractivity contribution in [3.63, 3.8) is 0 Å². The van der Waals surface area contributed by atoms with Gasteiger partial charge in [-0.25, -0.2) is 4.98 Å². The number of aromatic nitrogens is 3. The molecule has 0 bridgehead atoms. The standard InChI is InChI=1S/C26H27BrN4O2/c1-33-25-22(16-19-15-20(27)8-9-23(19)30-25)24(31-13-5-11-29-31)26(32)10-12-28-21(17-26)14-18-6-3-2-4-7-18/h2-9,11,13,15-16,21,24,28,32H,10,12,14,17H2,1H3/t21-,24?,26-/m1/s1. The zero-order chi connectivity index (χ0) is 22.8. The minimum absolute atomic E-state index is 0.151. The van der Waals surface area contributed by atoms with Crippen molar-refractivity contribution in [1.29, 1.82) is 0 Å². The second-order valence-electron chi connectivity index (χ2n) is 8.71. The molecule has 1 aliphatic heterocycles. The molecule has 1 saturated heterocycles. The summed E-state index contributed by atoms with van der Waals surface area (Å²) in [7, 11) is 1.63. The lowest BCUT2D eigenvalue weighted by Gasteiger charge is -2.43. The van der Waals surface area contributed by atoms with Crippen molar-refractivity contribution in [3.8, 4) is 5.88 Å². The largest absolute Gasteiger partial charge is 0.481 e. The molecule has 0 amide bonds. The molecule has 2 aromatic heterocycles. The van der Waals surface area contributed by atoms with Crippen LogP contribution in [0.3, 0.4) is 0 Å². The Kier molecular flexibility index (Phi) is 6.19. The molecular formula is C26H27BrN4O2. The summed E-state index contributed by atoms with van der Waals surface area (Å²) in [5.41, 5.74) is 1.90. The topological polar surface area (TPSA) is 72.2 Å². The van der Waals surface area contributed by atoms with Gasteiger partial charge in [0.05, 0.1) is 18.2 Å². The van der Waals surface area contributed by atoms with Gasteiger partial charge in [0.25, 0.3) is 0 Å². The summed E-state index contributed by atoms with van der Waals surface area (Å²) in [5, 5.41) is 21.3. The molecule has 2 N–H and O–H groups in total. The summed E-state index contributed by atoms with van der Waals surface area (Å²) in [6, 6.07) is 20.1. The Labute approximate surface area is 201 Å². The number of halogens is 1. The maximum absolute atomic E-state index is 12.2. The van der Waals surface area contributed by atoms with Gasteiger partial charge in [0.2, 0.25) is 5.88 Å². The predicted octanol–water partition coefficient (Wildman–Crippen LogP) is 4.52. The molecule has 3 atom stereocenters. The summed E-state index contributed by atoms with van der Waals surface area (Å²) in [6.07, 6.45) is 5.70. The second kappa shape index (κ2) is 9.25. The first kappa shape index (κ1) is 22.1. The maximum atomic E-state index is 12.2. The van der Waals surface area contributed by atoms with Gasteiger partial charge in [-0.15, -0.1) is 0 Å². The van der Waals surface area contributed by atoms with E-state index in [-0.39, 0.29) is 6.04 Å². The summed E-state index contributed by atoms with van der Waals surface area (Å²) in [6.45, 7) is 0.723. The molecule has 5 rings (SSSR count). The lowest BCUT2D eigenvalue weighted by molar-refractivity contribution is -0.0407. The molecule has 0 saturated carbocycles. The van der Waals surface area contributed by atoms with Crippen molar-refractivity contribution >= 4 is 26.8 Å². The van der Waals surface area contributed by atoms with E-state index in [0.717, 1.165) is 33.9 Å². The van der Waals surface area contributed by atoms with Gasteiger partial charge in [0.1, 0.15) is 6.04 Å². The van der Waals surface area contributed by atoms with Gasteiger partial charge in [-0.05, 0) is 61.7 Å². The van der Waals surface area contributed by atoms with Gasteiger partial charge in [0.15, 0.2) is 0 Å². The third kappa shape index (κ3) is 4.53. The number of piperidine rings is 1. The van der Waals surface area contributed by atoms with E-state index in [1.165, 1.54) is 5.56 Å². The van der Waals surface area contributed by atoms with E-state index in [4.69, 9.17) is 9.72 Å². The van der Waals surface area contributed by atoms with Crippen LogP contribution in [0.2, 0.25) is 0 Å². The van der Waals surface area contributed by atoms with Gasteiger partial charge >= 0.3 is 0 Å². The highest BCUT2D eigenvalue weighted by Crippen LogP contribution is 2.42. The van der Waals surface area contributed by atoms with Crippen LogP contribution in [0, 0.1) is 0 Å². The second-order valence-corrected chi connectivity index (χ2v) is 9.63. The zero-order valence-corrected chi connectivity index (χ0v) is 20.1. The summed E-state index contributed by atoms with van der Waals surface area (Å²) in [5.74, 6) is 0.511. The molecule has 3 heterocycles. The van der Waals surface area contributed by atoms with Gasteiger partial charge in [-0.2, -0.15) is 5.10 Å². The van der Waals surface area contributed by atoms with Gasteiger partial charge in [0, 0.05) is 33.9 Å². The van der Waals surface area contributed by atoms with Crippen LogP contribution in [0.5, 0.6) is 5.88 Å². The third-order valence-corrected chi connectivity index (χ3v) is 6.96. The number of methoxy groups -OCH3 is 1. The maximum Gasteiger partial charge on any atom is 0.219 e. The fourth-order valence-electron chi connectivity index (χ4n) is 5.00. The number of aliphatic hydroxyl groups is 1. The van der Waals surface area contributed by atoms with E-state index in [1.807, 2.05) is 41.2 Å². The van der Waals surface area contributed by atoms with E-state index in [1.54, 1.807) is 13.3 Å². The normalized spacial score (nSPS) is 21.7. The predicted molar refractivity (Wildman–Crippen MR) is 132 cm³/mol. The van der Waals surface area contributed by atoms with E-state index >= 15 is 0 Å². The number of pyridine rings is 1. The average Bonchev–Trinajstić information content (AvgIpc) is 3.33. The number of fused-ring (bicyclic) bond motifs is 1. The number of ether oxygens (including phenoxy) is 1. The van der Waals surface area contributed by atoms with Crippen molar-refractivity contribution in [2.45, 2.75) is 36.9 Å². The number of hydrogen-bond acceptors (Lipinski definition) is 5. The molecule has 0 aliphatic carbocycles. The van der Waals surface area contributed by atoms with Crippen molar-refractivity contribution in [1.82, 2.24) is 20.1 Å². The molecule has 7 heteroatoms. The van der Waals surface area contributed by atoms with Crippen molar-refractivity contribution in [2.75, 3.05) is 13.7 Å². The van der Waals surface area contributed by atoms with Crippen LogP contribution in [0.25, 0.3) is 10.9 Å². The monoisotopic (exact) mass is 506 g/mol. The molecule has 4 aromatic rings. The van der Waals surface area contributed by atoms with E-state index in [9.17, 15) is 5.11 Å². The average molecular weight is 507 g/mol. The number of rotatable bonds is 6. The Morgan fingerprint density at radius 1 is 1.21 bits per heavy atom. The van der Waals surface area contributed by atoms with Crippen LogP contribution in [0.1, 0.15) is 30.0 Å². The lowest BCUT2D eigenvalue weighted by atomic mass is 9.77. The van der Waals surface area contributed by atoms with Crippen LogP contribution in [-0.2, 0) is 6.42 Å². The van der Waals surface area contributed by atoms with Gasteiger partial charge in [-0.1, -0.05) is 46.3 Å². The van der Waals surface area contributed by atoms with Crippen molar-refractivity contribution in [3.05, 3.63) is 88.7 Å². The van der Waals surface area contributed by atoms with Crippen molar-refractivity contribution < 1.29 is 9.84 Å². The highest BCUT2D eigenvalue weighted by Gasteiger charge is 2.45. The van der Waals surface area contributed by atoms with Crippen LogP contribution < -0.4 is 10.1 Å². The van der Waals surface area contributed by atoms with Crippen LogP contribution in [-0.4, -0.2) is 45.2 Å². The number of hydrogen-bond donors (Lipinski definition) is 2. The molecule has 6 nitrogen and oxygen atoms in total. The molecule has 170 valence electrons. The number of benzene rings is 2. The number of nitrogens with zero attached hydrogens (tertiary/aromatic N) is 3. The molecule has 1 fully saturated rings. The van der Waals surface area contributed by atoms with E-state index in [2.05, 4.69) is 56.7 Å². The van der Waals surface area contributed by atoms with Crippen LogP contribution in [0.15, 0.2) is 77.5 Å². The lowest BCUT2D eigenvalue weighted by Crippen LogP contribution is -2.53. The van der Waals surface area contributed by atoms with Gasteiger partial charge < -0.3 is 15.2 Å². The first-order valence-electron chi connectivity index (χ1n) is 11.2. The Hall–Kier alpha value is -2.74. The first-order chi connectivity index (χ1) is 16.1. The highest BCUT2D eigenvalue weighted by molar-refractivity contribution is 9.10. The first-order valence-corrected chi connectivity index (χ1v) is 12.0. The Balaban J connectivity index is 1.57. The highest BCUT2D eigenvalue weighted by atomic mass is 79.9. The number of nitrogens with one attached hydrogen (secondary N) is 1. The van der Waals surface area contributed by atoms with Crippen LogP contribution in [0.4, 0.5) is 0 Å². The Morgan fingerprint density at radius 3 is 2.82 bits per heavy atom. The van der Waals surface area contributed by atoms with Crippen LogP contribution >= 0.6 is 15.9 Å². The fraction of sp³-hybridized carbons (Fsp3) is 0.308. The fourth-order valence-corrected chi connectivity index (χ4v) is 5.38. The molecule has 0 spiro atoms. The van der Waals surface area contributed by atoms with Crippen molar-refractivity contribution in [2.24, 2.45) is 0 Å². The third-order valence-electron chi connectivity index (χ3n) is 6.47. The minimum Gasteiger partial charge on any atom is -0.481 e. The molecule has 1 unspecified atom stereocenters. The molecule has 2 aromatic carbocycles. The SMILES string of the molecule is COc1nc2ccc(Br)cc2cc1C(n1cccn1)[C@@]1(O)CCN[C@H](Cc2ccccc2)C1. The molecule has 33 heavy (non-hydrogen) atoms. The summed E-state index contributed by atoms with van der Waals surface area (Å²) in [4.78, 5) is 4.77. The molecule has 1 aliphatic rings. The quantitative estimate of drug-likeness (QED) is 0.402. The molecule has 0 radical (unpaired) electrons. The van der Waals surface area contributed by atoms with E-state index < -0.39 is 11.6 Å². The Bertz CT molecular complexity index is 1230. The summed E-state index contributed by atoms with van der Waals surface area (Å²) < 4.78 is 8.55.